The summed E-state index contributed by atoms with van der Waals surface area (Å²) in [4.78, 5) is 33.4. The van der Waals surface area contributed by atoms with Crippen LogP contribution in [0.3, 0.4) is 0 Å². The van der Waals surface area contributed by atoms with Crippen molar-refractivity contribution in [2.24, 2.45) is 0 Å². The first kappa shape index (κ1) is 31.4. The lowest BCUT2D eigenvalue weighted by molar-refractivity contribution is -0.130. The zero-order chi connectivity index (χ0) is 30.9. The minimum atomic E-state index is -2.95. The molecule has 1 aliphatic heterocycles. The molecule has 0 saturated carbocycles. The Hall–Kier alpha value is -3.51. The van der Waals surface area contributed by atoms with Gasteiger partial charge < -0.3 is 25.0 Å². The fraction of sp³-hybridized carbons (Fsp3) is 0.517. The number of nitrogens with one attached hydrogen (secondary N) is 3. The highest BCUT2D eigenvalue weighted by Crippen LogP contribution is 2.35. The van der Waals surface area contributed by atoms with Crippen molar-refractivity contribution < 1.29 is 18.4 Å². The summed E-state index contributed by atoms with van der Waals surface area (Å²) in [6.45, 7) is 11.1. The van der Waals surface area contributed by atoms with E-state index in [1.165, 1.54) is 10.6 Å². The number of benzene rings is 1. The van der Waals surface area contributed by atoms with Gasteiger partial charge in [0.2, 0.25) is 5.91 Å². The van der Waals surface area contributed by atoms with E-state index in [1.54, 1.807) is 11.0 Å². The van der Waals surface area contributed by atoms with E-state index >= 15 is 0 Å². The number of hydrogen-bond acceptors (Lipinski definition) is 6. The zero-order valence-corrected chi connectivity index (χ0v) is 25.8. The number of alkyl halides is 2. The number of anilines is 1. The molecular weight excluding hydrogens is 566 g/mol. The number of halogens is 3. The molecule has 2 amide bonds. The summed E-state index contributed by atoms with van der Waals surface area (Å²) in [6, 6.07) is 3.11. The Bertz CT molecular complexity index is 1480. The number of likely N-dealkylation sites (N-methyl/N-ethyl adjacent to an activating group) is 1. The summed E-state index contributed by atoms with van der Waals surface area (Å²) in [6.07, 6.45) is 0.319. The summed E-state index contributed by atoms with van der Waals surface area (Å²) in [7, 11) is 3.80. The second-order valence-corrected chi connectivity index (χ2v) is 12.6. The van der Waals surface area contributed by atoms with Gasteiger partial charge in [0, 0.05) is 42.2 Å². The summed E-state index contributed by atoms with van der Waals surface area (Å²) in [5.74, 6) is 0.00337. The van der Waals surface area contributed by atoms with Crippen molar-refractivity contribution >= 4 is 40.1 Å². The number of amides is 2. The van der Waals surface area contributed by atoms with E-state index in [1.807, 2.05) is 45.0 Å². The number of rotatable bonds is 10. The fourth-order valence-corrected chi connectivity index (χ4v) is 5.39. The number of likely N-dealkylation sites (tertiary alicyclic amines) is 1. The maximum atomic E-state index is 14.2. The van der Waals surface area contributed by atoms with E-state index in [4.69, 9.17) is 11.6 Å². The van der Waals surface area contributed by atoms with Crippen LogP contribution in [0.15, 0.2) is 24.3 Å². The molecule has 2 aromatic heterocycles. The molecule has 0 atom stereocenters. The molecule has 13 heteroatoms. The van der Waals surface area contributed by atoms with Gasteiger partial charge in [-0.15, -0.1) is 0 Å². The SMILES string of the molecule is CC(C)n1c(CNc2n[nH]c3cc(Cl)c(C(C)(C)C)cc23)nc(C(F)F)c1C(=O)NC1CN(C(=O)C=CCN(C)C)C1. The van der Waals surface area contributed by atoms with Crippen molar-refractivity contribution in [3.63, 3.8) is 0 Å². The minimum Gasteiger partial charge on any atom is -0.361 e. The largest absolute Gasteiger partial charge is 0.361 e. The van der Waals surface area contributed by atoms with Crippen molar-refractivity contribution in [1.29, 1.82) is 0 Å². The fourth-order valence-electron chi connectivity index (χ4n) is 4.94. The molecule has 0 aliphatic carbocycles. The number of nitrogens with zero attached hydrogens (tertiary/aromatic N) is 5. The van der Waals surface area contributed by atoms with Crippen LogP contribution in [0, 0.1) is 0 Å². The lowest BCUT2D eigenvalue weighted by atomic mass is 9.86. The molecule has 1 saturated heterocycles. The molecule has 3 heterocycles. The van der Waals surface area contributed by atoms with Crippen LogP contribution in [-0.4, -0.2) is 81.1 Å². The molecule has 0 spiro atoms. The molecule has 4 rings (SSSR count). The number of fused-ring (bicyclic) bond motifs is 1. The number of carbonyl (C=O) groups excluding carboxylic acids is 2. The first-order valence-corrected chi connectivity index (χ1v) is 14.3. The zero-order valence-electron chi connectivity index (χ0n) is 25.1. The maximum Gasteiger partial charge on any atom is 0.282 e. The van der Waals surface area contributed by atoms with E-state index in [9.17, 15) is 18.4 Å². The van der Waals surface area contributed by atoms with Crippen LogP contribution in [-0.2, 0) is 16.8 Å². The molecule has 1 aliphatic rings. The van der Waals surface area contributed by atoms with Crippen LogP contribution in [0.25, 0.3) is 10.9 Å². The predicted octanol–water partition coefficient (Wildman–Crippen LogP) is 4.90. The third-order valence-corrected chi connectivity index (χ3v) is 7.39. The van der Waals surface area contributed by atoms with Crippen LogP contribution < -0.4 is 10.6 Å². The summed E-state index contributed by atoms with van der Waals surface area (Å²) in [5, 5.41) is 14.7. The van der Waals surface area contributed by atoms with Crippen LogP contribution in [0.1, 0.15) is 74.7 Å². The molecule has 1 aromatic carbocycles. The van der Waals surface area contributed by atoms with E-state index in [0.717, 1.165) is 16.5 Å². The Morgan fingerprint density at radius 3 is 2.52 bits per heavy atom. The Kier molecular flexibility index (Phi) is 9.27. The smallest absolute Gasteiger partial charge is 0.282 e. The van der Waals surface area contributed by atoms with Crippen molar-refractivity contribution in [3.05, 3.63) is 52.1 Å². The number of H-pyrrole nitrogens is 1. The van der Waals surface area contributed by atoms with Crippen LogP contribution >= 0.6 is 11.6 Å². The van der Waals surface area contributed by atoms with E-state index in [2.05, 4.69) is 46.6 Å². The molecule has 0 unspecified atom stereocenters. The first-order chi connectivity index (χ1) is 19.7. The van der Waals surface area contributed by atoms with Gasteiger partial charge in [-0.2, -0.15) is 5.10 Å². The van der Waals surface area contributed by atoms with Gasteiger partial charge in [-0.1, -0.05) is 38.4 Å². The highest BCUT2D eigenvalue weighted by molar-refractivity contribution is 6.32. The lowest BCUT2D eigenvalue weighted by Gasteiger charge is -2.39. The minimum absolute atomic E-state index is 0.0591. The number of aromatic nitrogens is 4. The molecule has 1 fully saturated rings. The van der Waals surface area contributed by atoms with Crippen molar-refractivity contribution in [2.75, 3.05) is 39.0 Å². The molecule has 42 heavy (non-hydrogen) atoms. The number of aromatic amines is 1. The molecule has 228 valence electrons. The van der Waals surface area contributed by atoms with Gasteiger partial charge in [-0.3, -0.25) is 14.7 Å². The molecular formula is C29H39ClF2N8O2. The topological polar surface area (TPSA) is 111 Å². The lowest BCUT2D eigenvalue weighted by Crippen LogP contribution is -2.60. The second-order valence-electron chi connectivity index (χ2n) is 12.2. The Morgan fingerprint density at radius 1 is 1.24 bits per heavy atom. The van der Waals surface area contributed by atoms with Gasteiger partial charge in [0.25, 0.3) is 12.3 Å². The third-order valence-electron chi connectivity index (χ3n) is 7.08. The Labute approximate surface area is 249 Å². The third kappa shape index (κ3) is 6.75. The van der Waals surface area contributed by atoms with E-state index in [0.29, 0.717) is 30.5 Å². The van der Waals surface area contributed by atoms with E-state index < -0.39 is 18.0 Å². The normalized spacial score (nSPS) is 14.5. The molecule has 0 radical (unpaired) electrons. The molecule has 0 bridgehead atoms. The van der Waals surface area contributed by atoms with Crippen molar-refractivity contribution in [3.8, 4) is 0 Å². The quantitative estimate of drug-likeness (QED) is 0.284. The average molecular weight is 605 g/mol. The van der Waals surface area contributed by atoms with Crippen molar-refractivity contribution in [1.82, 2.24) is 34.9 Å². The van der Waals surface area contributed by atoms with Gasteiger partial charge in [0.05, 0.1) is 18.1 Å². The standard InChI is InChI=1S/C29H39ClF2N8O2/c1-16(2)40-22(13-33-27-18-11-19(29(3,4)5)20(30)12-21(18)36-37-27)35-24(26(31)32)25(40)28(42)34-17-14-39(15-17)23(41)9-8-10-38(6)7/h8-9,11-12,16-17,26H,10,13-15H2,1-7H3,(H,34,42)(H2,33,36,37). The van der Waals surface area contributed by atoms with Gasteiger partial charge in [0.1, 0.15) is 17.2 Å². The second kappa shape index (κ2) is 12.4. The molecule has 3 aromatic rings. The first-order valence-electron chi connectivity index (χ1n) is 13.9. The van der Waals surface area contributed by atoms with Gasteiger partial charge in [-0.25, -0.2) is 13.8 Å². The highest BCUT2D eigenvalue weighted by atomic mass is 35.5. The average Bonchev–Trinajstić information content (AvgIpc) is 3.44. The highest BCUT2D eigenvalue weighted by Gasteiger charge is 2.35. The maximum absolute atomic E-state index is 14.2. The number of imidazole rings is 1. The summed E-state index contributed by atoms with van der Waals surface area (Å²) >= 11 is 6.50. The monoisotopic (exact) mass is 604 g/mol. The van der Waals surface area contributed by atoms with E-state index in [-0.39, 0.29) is 41.5 Å². The molecule has 3 N–H and O–H groups in total. The Morgan fingerprint density at radius 2 is 1.93 bits per heavy atom. The number of hydrogen-bond donors (Lipinski definition) is 3. The summed E-state index contributed by atoms with van der Waals surface area (Å²) < 4.78 is 29.9. The van der Waals surface area contributed by atoms with Crippen LogP contribution in [0.2, 0.25) is 5.02 Å². The van der Waals surface area contributed by atoms with Gasteiger partial charge >= 0.3 is 0 Å². The Balaban J connectivity index is 1.52. The summed E-state index contributed by atoms with van der Waals surface area (Å²) in [5.41, 5.74) is 0.726. The van der Waals surface area contributed by atoms with Gasteiger partial charge in [0.15, 0.2) is 5.82 Å². The van der Waals surface area contributed by atoms with Crippen molar-refractivity contribution in [2.45, 2.75) is 65.1 Å². The van der Waals surface area contributed by atoms with Crippen LogP contribution in [0.4, 0.5) is 14.6 Å². The van der Waals surface area contributed by atoms with Gasteiger partial charge in [-0.05, 0) is 51.1 Å². The molecule has 10 nitrogen and oxygen atoms in total. The predicted molar refractivity (Wildman–Crippen MR) is 160 cm³/mol. The number of carbonyl (C=O) groups is 2. The van der Waals surface area contributed by atoms with Crippen LogP contribution in [0.5, 0.6) is 0 Å².